The average Bonchev–Trinajstić information content (AvgIpc) is 3.65. The number of fused-ring (bicyclic) bond motifs is 2. The molecule has 0 radical (unpaired) electrons. The molecule has 1 aromatic heterocycles. The molecule has 8 nitrogen and oxygen atoms in total. The monoisotopic (exact) mass is 419 g/mol. The molecule has 0 bridgehead atoms. The molecule has 6 rings (SSSR count). The molecule has 2 N–H and O–H groups in total. The maximum absolute atomic E-state index is 13.2. The number of carbonyl (C=O) groups excluding carboxylic acids is 3. The van der Waals surface area contributed by atoms with Crippen molar-refractivity contribution in [2.45, 2.75) is 24.4 Å². The van der Waals surface area contributed by atoms with Gasteiger partial charge in [0.1, 0.15) is 5.35 Å². The van der Waals surface area contributed by atoms with Gasteiger partial charge in [0.25, 0.3) is 17.6 Å². The van der Waals surface area contributed by atoms with Crippen molar-refractivity contribution in [3.05, 3.63) is 58.2 Å². The summed E-state index contributed by atoms with van der Waals surface area (Å²) in [6.45, 7) is 1.80. The van der Waals surface area contributed by atoms with Gasteiger partial charge in [0, 0.05) is 36.6 Å². The van der Waals surface area contributed by atoms with Crippen LogP contribution in [0.4, 0.5) is 0 Å². The van der Waals surface area contributed by atoms with Crippen LogP contribution in [-0.4, -0.2) is 80.0 Å². The van der Waals surface area contributed by atoms with E-state index in [-0.39, 0.29) is 16.6 Å². The number of H-pyrrole nitrogens is 1. The third-order valence-corrected chi connectivity index (χ3v) is 7.05. The van der Waals surface area contributed by atoms with Crippen molar-refractivity contribution in [2.75, 3.05) is 26.2 Å². The topological polar surface area (TPSA) is 93.7 Å². The summed E-state index contributed by atoms with van der Waals surface area (Å²) < 4.78 is -0.143. The van der Waals surface area contributed by atoms with Gasteiger partial charge in [-0.3, -0.25) is 14.4 Å². The van der Waals surface area contributed by atoms with Crippen LogP contribution in [0, 0.1) is 0 Å². The zero-order valence-corrected chi connectivity index (χ0v) is 17.0. The second kappa shape index (κ2) is 6.15. The van der Waals surface area contributed by atoms with Crippen molar-refractivity contribution < 1.29 is 24.2 Å². The highest BCUT2D eigenvalue weighted by atomic mass is 16.6. The molecule has 2 atom stereocenters. The van der Waals surface area contributed by atoms with Crippen LogP contribution in [0.5, 0.6) is 0 Å². The zero-order valence-electron chi connectivity index (χ0n) is 17.0. The van der Waals surface area contributed by atoms with E-state index in [4.69, 9.17) is 0 Å². The summed E-state index contributed by atoms with van der Waals surface area (Å²) in [7, 11) is 0. The third kappa shape index (κ3) is 2.79. The van der Waals surface area contributed by atoms with E-state index in [0.717, 1.165) is 12.8 Å². The van der Waals surface area contributed by atoms with Crippen molar-refractivity contribution in [3.63, 3.8) is 0 Å². The summed E-state index contributed by atoms with van der Waals surface area (Å²) in [5.74, 6) is -1.08. The smallest absolute Gasteiger partial charge is 0.295 e. The SMILES string of the molecule is O=C(C(=O)N1CCN(C(=O)c2ccccc2)CC12CC2)c1c[nH]c2c1=CC1C[N+]1(O)C=2. The van der Waals surface area contributed by atoms with Gasteiger partial charge < -0.3 is 14.8 Å². The molecule has 1 aromatic carbocycles. The number of rotatable bonds is 3. The molecule has 2 saturated heterocycles. The first kappa shape index (κ1) is 18.5. The lowest BCUT2D eigenvalue weighted by Crippen LogP contribution is -2.59. The molecule has 31 heavy (non-hydrogen) atoms. The maximum atomic E-state index is 13.2. The Morgan fingerprint density at radius 3 is 2.65 bits per heavy atom. The van der Waals surface area contributed by atoms with Crippen LogP contribution < -0.4 is 10.6 Å². The fourth-order valence-corrected chi connectivity index (χ4v) is 4.96. The van der Waals surface area contributed by atoms with E-state index < -0.39 is 17.2 Å². The highest BCUT2D eigenvalue weighted by molar-refractivity contribution is 6.43. The molecular weight excluding hydrogens is 396 g/mol. The van der Waals surface area contributed by atoms with Gasteiger partial charge in [0.05, 0.1) is 11.1 Å². The number of hydrogen-bond acceptors (Lipinski definition) is 4. The van der Waals surface area contributed by atoms with Gasteiger partial charge in [-0.05, 0) is 31.1 Å². The molecular formula is C23H23N4O4+. The number of hydrogen-bond donors (Lipinski definition) is 2. The molecule has 1 spiro atoms. The number of nitrogens with zero attached hydrogens (tertiary/aromatic N) is 3. The van der Waals surface area contributed by atoms with Gasteiger partial charge in [-0.2, -0.15) is 0 Å². The number of hydroxylamine groups is 3. The van der Waals surface area contributed by atoms with Crippen LogP contribution in [0.15, 0.2) is 36.5 Å². The lowest BCUT2D eigenvalue weighted by Gasteiger charge is -2.41. The lowest BCUT2D eigenvalue weighted by molar-refractivity contribution is -0.939. The third-order valence-electron chi connectivity index (χ3n) is 7.05. The Morgan fingerprint density at radius 1 is 1.13 bits per heavy atom. The quantitative estimate of drug-likeness (QED) is 0.313. The van der Waals surface area contributed by atoms with E-state index in [1.807, 2.05) is 24.3 Å². The fraction of sp³-hybridized carbons (Fsp3) is 0.348. The minimum atomic E-state index is -0.533. The van der Waals surface area contributed by atoms with E-state index in [9.17, 15) is 19.6 Å². The summed E-state index contributed by atoms with van der Waals surface area (Å²) >= 11 is 0. The number of quaternary nitrogens is 1. The van der Waals surface area contributed by atoms with E-state index in [0.29, 0.717) is 47.9 Å². The predicted octanol–water partition coefficient (Wildman–Crippen LogP) is -0.165. The first-order valence-electron chi connectivity index (χ1n) is 10.6. The van der Waals surface area contributed by atoms with Crippen molar-refractivity contribution in [3.8, 4) is 0 Å². The van der Waals surface area contributed by atoms with Gasteiger partial charge >= 0.3 is 0 Å². The standard InChI is InChI=1S/C23H22N4O4/c28-20(18-11-24-19-13-27(31)12-16(27)10-17(18)19)22(30)26-9-8-25(14-23(26)6-7-23)21(29)15-4-2-1-3-5-15/h1-5,10-11,13,16,31H,6-9,12,14H2/p+1. The van der Waals surface area contributed by atoms with E-state index in [1.165, 1.54) is 0 Å². The second-order valence-electron chi connectivity index (χ2n) is 9.06. The number of Topliss-reactive ketones (excluding diaryl/α,β-unsaturated/α-hetero) is 1. The molecule has 4 aliphatic rings. The number of ketones is 1. The van der Waals surface area contributed by atoms with E-state index in [2.05, 4.69) is 4.98 Å². The molecule has 2 aromatic rings. The number of carbonyl (C=O) groups is 3. The van der Waals surface area contributed by atoms with Gasteiger partial charge in [-0.15, -0.1) is 4.65 Å². The van der Waals surface area contributed by atoms with Crippen molar-refractivity contribution in [2.24, 2.45) is 0 Å². The molecule has 8 heteroatoms. The summed E-state index contributed by atoms with van der Waals surface area (Å²) in [5, 5.41) is 11.6. The number of aromatic nitrogens is 1. The van der Waals surface area contributed by atoms with Crippen LogP contribution >= 0.6 is 0 Å². The zero-order chi connectivity index (χ0) is 21.4. The summed E-state index contributed by atoms with van der Waals surface area (Å²) in [5.41, 5.74) is 0.557. The number of aromatic amines is 1. The molecule has 3 fully saturated rings. The Kier molecular flexibility index (Phi) is 3.68. The minimum Gasteiger partial charge on any atom is -0.356 e. The number of nitrogens with one attached hydrogen (secondary N) is 1. The molecule has 3 aliphatic heterocycles. The summed E-state index contributed by atoms with van der Waals surface area (Å²) in [4.78, 5) is 45.7. The summed E-state index contributed by atoms with van der Waals surface area (Å²) in [6.07, 6.45) is 6.71. The highest BCUT2D eigenvalue weighted by Gasteiger charge is 2.56. The molecule has 1 saturated carbocycles. The Labute approximate surface area is 178 Å². The predicted molar refractivity (Wildman–Crippen MR) is 110 cm³/mol. The normalized spacial score (nSPS) is 26.9. The van der Waals surface area contributed by atoms with Crippen molar-refractivity contribution in [1.29, 1.82) is 0 Å². The fourth-order valence-electron chi connectivity index (χ4n) is 4.96. The number of piperazine rings is 1. The number of benzene rings is 1. The molecule has 158 valence electrons. The van der Waals surface area contributed by atoms with E-state index in [1.54, 1.807) is 34.3 Å². The first-order valence-corrected chi connectivity index (χ1v) is 10.6. The van der Waals surface area contributed by atoms with Crippen LogP contribution in [-0.2, 0) is 4.79 Å². The Morgan fingerprint density at radius 2 is 1.90 bits per heavy atom. The largest absolute Gasteiger partial charge is 0.356 e. The van der Waals surface area contributed by atoms with Gasteiger partial charge in [-0.25, -0.2) is 5.21 Å². The van der Waals surface area contributed by atoms with Gasteiger partial charge in [0.15, 0.2) is 18.8 Å². The lowest BCUT2D eigenvalue weighted by atomic mass is 10.0. The Hall–Kier alpha value is -3.23. The van der Waals surface area contributed by atoms with Gasteiger partial charge in [-0.1, -0.05) is 18.2 Å². The summed E-state index contributed by atoms with van der Waals surface area (Å²) in [6, 6.07) is 9.10. The number of amides is 2. The van der Waals surface area contributed by atoms with E-state index >= 15 is 0 Å². The van der Waals surface area contributed by atoms with Crippen LogP contribution in [0.25, 0.3) is 12.3 Å². The second-order valence-corrected chi connectivity index (χ2v) is 9.06. The first-order chi connectivity index (χ1) is 14.9. The Balaban J connectivity index is 1.23. The highest BCUT2D eigenvalue weighted by Crippen LogP contribution is 2.44. The molecule has 1 aliphatic carbocycles. The van der Waals surface area contributed by atoms with Crippen molar-refractivity contribution >= 4 is 29.9 Å². The van der Waals surface area contributed by atoms with Crippen molar-refractivity contribution in [1.82, 2.24) is 14.8 Å². The molecule has 4 heterocycles. The van der Waals surface area contributed by atoms with Gasteiger partial charge in [0.2, 0.25) is 0 Å². The molecule has 2 amide bonds. The van der Waals surface area contributed by atoms with Crippen LogP contribution in [0.3, 0.4) is 0 Å². The van der Waals surface area contributed by atoms with Crippen LogP contribution in [0.1, 0.15) is 33.6 Å². The minimum absolute atomic E-state index is 0.0369. The van der Waals surface area contributed by atoms with Crippen LogP contribution in [0.2, 0.25) is 0 Å². The molecule has 2 unspecified atom stereocenters. The maximum Gasteiger partial charge on any atom is 0.295 e. The Bertz CT molecular complexity index is 1250. The average molecular weight is 419 g/mol.